The molecule has 4 rings (SSSR count). The maximum atomic E-state index is 13.3. The van der Waals surface area contributed by atoms with Gasteiger partial charge in [-0.3, -0.25) is 4.79 Å². The number of hydrogen-bond acceptors (Lipinski definition) is 5. The molecule has 0 aliphatic carbocycles. The summed E-state index contributed by atoms with van der Waals surface area (Å²) >= 11 is 12.5. The maximum absolute atomic E-state index is 13.3. The largest absolute Gasteiger partial charge is 0.511 e. The molecule has 44 heavy (non-hydrogen) atoms. The predicted molar refractivity (Wildman–Crippen MR) is 173 cm³/mol. The Morgan fingerprint density at radius 2 is 1.36 bits per heavy atom. The van der Waals surface area contributed by atoms with Crippen LogP contribution < -0.4 is 14.8 Å². The first kappa shape index (κ1) is 32.4. The van der Waals surface area contributed by atoms with Crippen molar-refractivity contribution in [2.24, 2.45) is 0 Å². The number of nitrogens with one attached hydrogen (secondary N) is 1. The highest BCUT2D eigenvalue weighted by molar-refractivity contribution is 6.31. The minimum atomic E-state index is -1.48. The van der Waals surface area contributed by atoms with Gasteiger partial charge in [0.25, 0.3) is 5.91 Å². The fourth-order valence-corrected chi connectivity index (χ4v) is 5.16. The normalized spacial score (nSPS) is 10.6. The topological polar surface area (TPSA) is 109 Å². The molecule has 2 N–H and O–H groups in total. The molecule has 0 aliphatic rings. The third-order valence-electron chi connectivity index (χ3n) is 6.90. The summed E-state index contributed by atoms with van der Waals surface area (Å²) in [6, 6.07) is 26.3. The molecule has 0 spiro atoms. The highest BCUT2D eigenvalue weighted by atomic mass is 35.5. The van der Waals surface area contributed by atoms with Crippen molar-refractivity contribution >= 4 is 35.3 Å². The van der Waals surface area contributed by atoms with Crippen LogP contribution in [-0.2, 0) is 0 Å². The molecule has 226 valence electrons. The van der Waals surface area contributed by atoms with Crippen molar-refractivity contribution in [2.75, 3.05) is 13.2 Å². The standard InChI is InChI=1S/C35H32Cl2N2O5/c36-28-13-8-11-25(19-28)31-21-27(22-32(33(31)44-35(41)42)26-12-9-14-29(37)20-26)34(40)39-16-5-3-1-2-4-6-17-43-30-15-7-10-24(18-30)23-38/h7-15,18-22H,1-6,16-17H2,(H,39,40)(H,41,42). The lowest BCUT2D eigenvalue weighted by Crippen LogP contribution is -2.24. The molecular formula is C35H32Cl2N2O5. The molecule has 4 aromatic rings. The highest BCUT2D eigenvalue weighted by Crippen LogP contribution is 2.41. The number of rotatable bonds is 14. The van der Waals surface area contributed by atoms with Crippen LogP contribution in [0, 0.1) is 11.3 Å². The fraction of sp³-hybridized carbons (Fsp3) is 0.229. The second-order valence-electron chi connectivity index (χ2n) is 10.2. The molecule has 0 heterocycles. The van der Waals surface area contributed by atoms with E-state index >= 15 is 0 Å². The third-order valence-corrected chi connectivity index (χ3v) is 7.37. The number of carbonyl (C=O) groups excluding carboxylic acids is 1. The first-order chi connectivity index (χ1) is 21.3. The second kappa shape index (κ2) is 16.4. The first-order valence-electron chi connectivity index (χ1n) is 14.4. The number of halogens is 2. The smallest absolute Gasteiger partial charge is 0.494 e. The van der Waals surface area contributed by atoms with E-state index in [9.17, 15) is 14.7 Å². The summed E-state index contributed by atoms with van der Waals surface area (Å²) in [6.07, 6.45) is 4.38. The van der Waals surface area contributed by atoms with E-state index in [1.165, 1.54) is 0 Å². The summed E-state index contributed by atoms with van der Waals surface area (Å²) < 4.78 is 11.0. The van der Waals surface area contributed by atoms with Crippen LogP contribution in [0.3, 0.4) is 0 Å². The molecule has 1 amide bonds. The Hall–Kier alpha value is -4.51. The molecule has 4 aromatic carbocycles. The van der Waals surface area contributed by atoms with Crippen molar-refractivity contribution in [3.8, 4) is 39.8 Å². The Kier molecular flexibility index (Phi) is 12.1. The number of ether oxygens (including phenoxy) is 2. The van der Waals surface area contributed by atoms with Crippen LogP contribution in [0.15, 0.2) is 84.9 Å². The van der Waals surface area contributed by atoms with Crippen molar-refractivity contribution in [3.63, 3.8) is 0 Å². The van der Waals surface area contributed by atoms with Gasteiger partial charge in [-0.25, -0.2) is 4.79 Å². The summed E-state index contributed by atoms with van der Waals surface area (Å²) in [5, 5.41) is 22.4. The van der Waals surface area contributed by atoms with Crippen molar-refractivity contribution < 1.29 is 24.2 Å². The molecular weight excluding hydrogens is 599 g/mol. The van der Waals surface area contributed by atoms with Gasteiger partial charge in [-0.05, 0) is 78.6 Å². The Morgan fingerprint density at radius 1 is 0.773 bits per heavy atom. The quantitative estimate of drug-likeness (QED) is 0.0816. The molecule has 9 heteroatoms. The average Bonchev–Trinajstić information content (AvgIpc) is 3.01. The van der Waals surface area contributed by atoms with Crippen LogP contribution in [0.5, 0.6) is 11.5 Å². The van der Waals surface area contributed by atoms with Crippen LogP contribution >= 0.6 is 23.2 Å². The van der Waals surface area contributed by atoms with Gasteiger partial charge in [0.1, 0.15) is 11.5 Å². The van der Waals surface area contributed by atoms with E-state index < -0.39 is 6.16 Å². The zero-order valence-corrected chi connectivity index (χ0v) is 25.5. The van der Waals surface area contributed by atoms with Crippen molar-refractivity contribution in [1.29, 1.82) is 5.26 Å². The van der Waals surface area contributed by atoms with Gasteiger partial charge < -0.3 is 19.9 Å². The number of nitriles is 1. The summed E-state index contributed by atoms with van der Waals surface area (Å²) in [4.78, 5) is 25.0. The molecule has 0 bridgehead atoms. The van der Waals surface area contributed by atoms with Gasteiger partial charge in [0.05, 0.1) is 18.2 Å². The van der Waals surface area contributed by atoms with Crippen molar-refractivity contribution in [2.45, 2.75) is 38.5 Å². The summed E-state index contributed by atoms with van der Waals surface area (Å²) in [5.41, 5.74) is 2.98. The minimum Gasteiger partial charge on any atom is -0.494 e. The van der Waals surface area contributed by atoms with E-state index in [4.69, 9.17) is 37.9 Å². The van der Waals surface area contributed by atoms with Gasteiger partial charge in [-0.15, -0.1) is 0 Å². The molecule has 0 fully saturated rings. The summed E-state index contributed by atoms with van der Waals surface area (Å²) in [6.45, 7) is 1.11. The van der Waals surface area contributed by atoms with E-state index in [2.05, 4.69) is 11.4 Å². The number of hydrogen-bond donors (Lipinski definition) is 2. The Morgan fingerprint density at radius 3 is 1.95 bits per heavy atom. The number of benzene rings is 4. The number of nitrogens with zero attached hydrogens (tertiary/aromatic N) is 1. The van der Waals surface area contributed by atoms with Crippen LogP contribution in [0.1, 0.15) is 54.4 Å². The van der Waals surface area contributed by atoms with Gasteiger partial charge in [0, 0.05) is 33.3 Å². The second-order valence-corrected chi connectivity index (χ2v) is 11.0. The maximum Gasteiger partial charge on any atom is 0.511 e. The molecule has 0 saturated carbocycles. The van der Waals surface area contributed by atoms with Crippen molar-refractivity contribution in [3.05, 3.63) is 106 Å². The molecule has 0 aliphatic heterocycles. The molecule has 0 unspecified atom stereocenters. The lowest BCUT2D eigenvalue weighted by molar-refractivity contribution is 0.0953. The molecule has 0 saturated heterocycles. The highest BCUT2D eigenvalue weighted by Gasteiger charge is 2.21. The number of carbonyl (C=O) groups is 2. The van der Waals surface area contributed by atoms with E-state index in [1.807, 2.05) is 12.1 Å². The molecule has 0 aromatic heterocycles. The monoisotopic (exact) mass is 630 g/mol. The van der Waals surface area contributed by atoms with E-state index in [1.54, 1.807) is 72.8 Å². The summed E-state index contributed by atoms with van der Waals surface area (Å²) in [5.74, 6) is 0.513. The Balaban J connectivity index is 1.35. The average molecular weight is 632 g/mol. The van der Waals surface area contributed by atoms with E-state index in [-0.39, 0.29) is 11.7 Å². The fourth-order valence-electron chi connectivity index (χ4n) is 4.78. The van der Waals surface area contributed by atoms with Gasteiger partial charge in [-0.2, -0.15) is 5.26 Å². The number of carboxylic acid groups (broad SMARTS) is 1. The number of unbranched alkanes of at least 4 members (excludes halogenated alkanes) is 5. The molecule has 0 radical (unpaired) electrons. The van der Waals surface area contributed by atoms with Crippen LogP contribution in [0.4, 0.5) is 4.79 Å². The van der Waals surface area contributed by atoms with Crippen LogP contribution in [0.2, 0.25) is 10.0 Å². The van der Waals surface area contributed by atoms with Crippen LogP contribution in [-0.4, -0.2) is 30.3 Å². The van der Waals surface area contributed by atoms with E-state index in [0.29, 0.717) is 62.3 Å². The lowest BCUT2D eigenvalue weighted by Gasteiger charge is -2.17. The van der Waals surface area contributed by atoms with Gasteiger partial charge >= 0.3 is 6.16 Å². The molecule has 0 atom stereocenters. The Labute approximate surface area is 267 Å². The minimum absolute atomic E-state index is 0.0830. The Bertz CT molecular complexity index is 1580. The van der Waals surface area contributed by atoms with Gasteiger partial charge in [-0.1, -0.05) is 79.2 Å². The van der Waals surface area contributed by atoms with Gasteiger partial charge in [0.2, 0.25) is 0 Å². The third kappa shape index (κ3) is 9.50. The molecule has 7 nitrogen and oxygen atoms in total. The zero-order valence-electron chi connectivity index (χ0n) is 24.0. The number of amides is 1. The summed E-state index contributed by atoms with van der Waals surface area (Å²) in [7, 11) is 0. The SMILES string of the molecule is N#Cc1cccc(OCCCCCCCCNC(=O)c2cc(-c3cccc(Cl)c3)c(OC(=O)O)c(-c3cccc(Cl)c3)c2)c1. The lowest BCUT2D eigenvalue weighted by atomic mass is 9.94. The van der Waals surface area contributed by atoms with E-state index in [0.717, 1.165) is 38.5 Å². The van der Waals surface area contributed by atoms with Crippen molar-refractivity contribution in [1.82, 2.24) is 5.32 Å². The van der Waals surface area contributed by atoms with Gasteiger partial charge in [0.15, 0.2) is 0 Å². The first-order valence-corrected chi connectivity index (χ1v) is 15.1. The zero-order chi connectivity index (χ0) is 31.3. The predicted octanol–water partition coefficient (Wildman–Crippen LogP) is 9.41. The van der Waals surface area contributed by atoms with Crippen LogP contribution in [0.25, 0.3) is 22.3 Å².